The van der Waals surface area contributed by atoms with Crippen molar-refractivity contribution in [2.45, 2.75) is 121 Å². The molecule has 0 aliphatic carbocycles. The molecule has 1 aromatic carbocycles. The van der Waals surface area contributed by atoms with E-state index in [-0.39, 0.29) is 17.2 Å². The van der Waals surface area contributed by atoms with Crippen LogP contribution in [0.5, 0.6) is 0 Å². The summed E-state index contributed by atoms with van der Waals surface area (Å²) < 4.78 is 34.6. The van der Waals surface area contributed by atoms with E-state index in [4.69, 9.17) is 8.92 Å². The Bertz CT molecular complexity index is 801. The molecule has 0 saturated heterocycles. The fourth-order valence-electron chi connectivity index (χ4n) is 4.01. The predicted octanol–water partition coefficient (Wildman–Crippen LogP) is 6.94. The average molecular weight is 530 g/mol. The number of rotatable bonds is 24. The van der Waals surface area contributed by atoms with E-state index in [1.807, 2.05) is 0 Å². The molecule has 0 fully saturated rings. The molecule has 8 nitrogen and oxygen atoms in total. The van der Waals surface area contributed by atoms with Crippen molar-refractivity contribution in [3.05, 3.63) is 34.4 Å². The Balaban J connectivity index is 1.94. The summed E-state index contributed by atoms with van der Waals surface area (Å²) >= 11 is 0. The van der Waals surface area contributed by atoms with Crippen molar-refractivity contribution in [3.63, 3.8) is 0 Å². The van der Waals surface area contributed by atoms with Gasteiger partial charge in [-0.25, -0.2) is 0 Å². The molecule has 208 valence electrons. The van der Waals surface area contributed by atoms with E-state index in [2.05, 4.69) is 6.92 Å². The van der Waals surface area contributed by atoms with Gasteiger partial charge in [0.2, 0.25) is 0 Å². The van der Waals surface area contributed by atoms with Gasteiger partial charge in [0.15, 0.2) is 0 Å². The Morgan fingerprint density at radius 1 is 0.833 bits per heavy atom. The van der Waals surface area contributed by atoms with Crippen LogP contribution in [-0.2, 0) is 19.0 Å². The molecule has 0 aromatic heterocycles. The highest BCUT2D eigenvalue weighted by Crippen LogP contribution is 2.19. The minimum absolute atomic E-state index is 0.0246. The molecule has 1 N–H and O–H groups in total. The molecule has 0 aliphatic rings. The van der Waals surface area contributed by atoms with E-state index in [0.29, 0.717) is 6.61 Å². The van der Waals surface area contributed by atoms with Gasteiger partial charge in [-0.3, -0.25) is 14.3 Å². The first-order valence-electron chi connectivity index (χ1n) is 13.8. The lowest BCUT2D eigenvalue weighted by atomic mass is 10.0. The number of hydrogen-bond acceptors (Lipinski definition) is 7. The van der Waals surface area contributed by atoms with Gasteiger partial charge >= 0.3 is 0 Å². The highest BCUT2D eigenvalue weighted by atomic mass is 32.2. The number of non-ortho nitro benzene ring substituents is 1. The molecule has 0 heterocycles. The van der Waals surface area contributed by atoms with Gasteiger partial charge in [-0.15, -0.1) is 0 Å². The zero-order valence-electron chi connectivity index (χ0n) is 22.1. The van der Waals surface area contributed by atoms with E-state index in [9.17, 15) is 23.6 Å². The monoisotopic (exact) mass is 529 g/mol. The van der Waals surface area contributed by atoms with E-state index >= 15 is 0 Å². The van der Waals surface area contributed by atoms with Crippen LogP contribution in [0.1, 0.15) is 110 Å². The number of nitro groups is 1. The average Bonchev–Trinajstić information content (AvgIpc) is 2.87. The molecule has 0 aliphatic heterocycles. The van der Waals surface area contributed by atoms with Crippen LogP contribution in [0.15, 0.2) is 29.2 Å². The molecule has 0 unspecified atom stereocenters. The number of aliphatic hydroxyl groups is 1. The van der Waals surface area contributed by atoms with E-state index in [1.165, 1.54) is 108 Å². The summed E-state index contributed by atoms with van der Waals surface area (Å²) in [6.45, 7) is 2.27. The van der Waals surface area contributed by atoms with Crippen LogP contribution in [-0.4, -0.2) is 44.4 Å². The first kappa shape index (κ1) is 32.5. The predicted molar refractivity (Wildman–Crippen MR) is 143 cm³/mol. The summed E-state index contributed by atoms with van der Waals surface area (Å²) in [5.74, 6) is 0. The van der Waals surface area contributed by atoms with Crippen molar-refractivity contribution in [1.82, 2.24) is 0 Å². The topological polar surface area (TPSA) is 116 Å². The highest BCUT2D eigenvalue weighted by Gasteiger charge is 2.20. The van der Waals surface area contributed by atoms with Crippen LogP contribution in [0.4, 0.5) is 5.69 Å². The Hall–Kier alpha value is -1.55. The number of hydrogen-bond donors (Lipinski definition) is 1. The smallest absolute Gasteiger partial charge is 0.297 e. The highest BCUT2D eigenvalue weighted by molar-refractivity contribution is 7.86. The summed E-state index contributed by atoms with van der Waals surface area (Å²) in [6, 6.07) is 4.60. The van der Waals surface area contributed by atoms with Crippen LogP contribution >= 0.6 is 0 Å². The lowest BCUT2D eigenvalue weighted by Crippen LogP contribution is -2.24. The largest absolute Gasteiger partial charge is 0.388 e. The van der Waals surface area contributed by atoms with E-state index in [0.717, 1.165) is 18.9 Å². The van der Waals surface area contributed by atoms with Crippen molar-refractivity contribution in [3.8, 4) is 0 Å². The zero-order valence-corrected chi connectivity index (χ0v) is 22.9. The standard InChI is InChI=1S/C27H47NO7S/c1-2-3-4-5-6-7-8-9-10-11-12-13-14-15-16-17-21-34-23-26(29)24-35-36(32,33)27-20-18-19-25(22-27)28(30)31/h18-20,22,26,29H,2-17,21,23-24H2,1H3/t26-/m1/s1. The van der Waals surface area contributed by atoms with Gasteiger partial charge in [-0.1, -0.05) is 109 Å². The molecule has 9 heteroatoms. The summed E-state index contributed by atoms with van der Waals surface area (Å²) in [6.07, 6.45) is 19.7. The molecule has 0 amide bonds. The Morgan fingerprint density at radius 2 is 1.33 bits per heavy atom. The molecule has 1 atom stereocenters. The maximum absolute atomic E-state index is 12.2. The van der Waals surface area contributed by atoms with Crippen LogP contribution in [0, 0.1) is 10.1 Å². The van der Waals surface area contributed by atoms with Gasteiger partial charge in [0, 0.05) is 18.7 Å². The van der Waals surface area contributed by atoms with Crippen molar-refractivity contribution in [2.75, 3.05) is 19.8 Å². The molecule has 0 spiro atoms. The first-order chi connectivity index (χ1) is 17.4. The first-order valence-corrected chi connectivity index (χ1v) is 15.2. The Morgan fingerprint density at radius 3 is 1.83 bits per heavy atom. The van der Waals surface area contributed by atoms with Crippen LogP contribution in [0.2, 0.25) is 0 Å². The summed E-state index contributed by atoms with van der Waals surface area (Å²) in [7, 11) is -4.19. The fourth-order valence-corrected chi connectivity index (χ4v) is 4.99. The van der Waals surface area contributed by atoms with Gasteiger partial charge in [0.1, 0.15) is 11.0 Å². The van der Waals surface area contributed by atoms with Gasteiger partial charge < -0.3 is 9.84 Å². The van der Waals surface area contributed by atoms with Crippen LogP contribution < -0.4 is 0 Å². The third-order valence-corrected chi connectivity index (χ3v) is 7.46. The molecule has 0 bridgehead atoms. The number of nitrogens with zero attached hydrogens (tertiary/aromatic N) is 1. The number of benzene rings is 1. The molecular weight excluding hydrogens is 482 g/mol. The second-order valence-corrected chi connectivity index (χ2v) is 11.1. The van der Waals surface area contributed by atoms with Crippen molar-refractivity contribution >= 4 is 15.8 Å². The zero-order chi connectivity index (χ0) is 26.5. The van der Waals surface area contributed by atoms with Gasteiger partial charge in [0.05, 0.1) is 18.1 Å². The molecule has 0 saturated carbocycles. The Labute approximate surface area is 218 Å². The van der Waals surface area contributed by atoms with Crippen LogP contribution in [0.3, 0.4) is 0 Å². The minimum Gasteiger partial charge on any atom is -0.388 e. The molecular formula is C27H47NO7S. The van der Waals surface area contributed by atoms with Crippen molar-refractivity contribution in [1.29, 1.82) is 0 Å². The fraction of sp³-hybridized carbons (Fsp3) is 0.778. The van der Waals surface area contributed by atoms with Crippen LogP contribution in [0.25, 0.3) is 0 Å². The number of ether oxygens (including phenoxy) is 1. The maximum Gasteiger partial charge on any atom is 0.297 e. The van der Waals surface area contributed by atoms with Gasteiger partial charge in [0.25, 0.3) is 15.8 Å². The third kappa shape index (κ3) is 16.2. The van der Waals surface area contributed by atoms with Gasteiger partial charge in [-0.05, 0) is 12.5 Å². The number of aliphatic hydroxyl groups excluding tert-OH is 1. The van der Waals surface area contributed by atoms with Crippen molar-refractivity contribution < 1.29 is 27.4 Å². The third-order valence-electron chi connectivity index (χ3n) is 6.19. The molecule has 36 heavy (non-hydrogen) atoms. The molecule has 0 radical (unpaired) electrons. The normalized spacial score (nSPS) is 12.6. The minimum atomic E-state index is -4.19. The summed E-state index contributed by atoms with van der Waals surface area (Å²) in [5, 5.41) is 20.7. The van der Waals surface area contributed by atoms with Crippen molar-refractivity contribution in [2.24, 2.45) is 0 Å². The Kier molecular flexibility index (Phi) is 18.5. The lowest BCUT2D eigenvalue weighted by Gasteiger charge is -2.12. The quantitative estimate of drug-likeness (QED) is 0.0667. The number of nitro benzene ring substituents is 1. The molecule has 1 aromatic rings. The number of unbranched alkanes of at least 4 members (excludes halogenated alkanes) is 15. The van der Waals surface area contributed by atoms with Gasteiger partial charge in [-0.2, -0.15) is 8.42 Å². The molecule has 1 rings (SSSR count). The SMILES string of the molecule is CCCCCCCCCCCCCCCCCCOC[C@@H](O)COS(=O)(=O)c1cccc([N+](=O)[O-])c1. The lowest BCUT2D eigenvalue weighted by molar-refractivity contribution is -0.385. The maximum atomic E-state index is 12.2. The summed E-state index contributed by atoms with van der Waals surface area (Å²) in [4.78, 5) is 9.80. The van der Waals surface area contributed by atoms with E-state index in [1.54, 1.807) is 0 Å². The summed E-state index contributed by atoms with van der Waals surface area (Å²) in [5.41, 5.74) is -0.345. The second-order valence-electron chi connectivity index (χ2n) is 9.53. The van der Waals surface area contributed by atoms with E-state index < -0.39 is 27.8 Å². The second kappa shape index (κ2) is 20.5.